The van der Waals surface area contributed by atoms with Crippen molar-refractivity contribution >= 4 is 23.1 Å². The summed E-state index contributed by atoms with van der Waals surface area (Å²) in [6.45, 7) is 2.29. The van der Waals surface area contributed by atoms with Gasteiger partial charge in [0.05, 0.1) is 11.4 Å². The molecule has 1 unspecified atom stereocenters. The lowest BCUT2D eigenvalue weighted by molar-refractivity contribution is -0.117. The van der Waals surface area contributed by atoms with E-state index in [2.05, 4.69) is 15.5 Å². The predicted molar refractivity (Wildman–Crippen MR) is 88.9 cm³/mol. The average Bonchev–Trinajstić information content (AvgIpc) is 2.61. The molecule has 2 aliphatic rings. The fraction of sp³-hybridized carbons (Fsp3) is 0.222. The molecule has 5 nitrogen and oxygen atoms in total. The number of rotatable bonds is 2. The molecule has 1 fully saturated rings. The van der Waals surface area contributed by atoms with Crippen molar-refractivity contribution in [2.75, 3.05) is 29.9 Å². The molecule has 0 aliphatic carbocycles. The Morgan fingerprint density at radius 2 is 1.91 bits per heavy atom. The van der Waals surface area contributed by atoms with Crippen molar-refractivity contribution in [2.24, 2.45) is 0 Å². The van der Waals surface area contributed by atoms with Crippen LogP contribution in [0.15, 0.2) is 48.5 Å². The van der Waals surface area contributed by atoms with Crippen LogP contribution >= 0.6 is 0 Å². The zero-order valence-corrected chi connectivity index (χ0v) is 12.6. The van der Waals surface area contributed by atoms with E-state index in [1.54, 1.807) is 18.2 Å². The Bertz CT molecular complexity index is 773. The maximum absolute atomic E-state index is 12.6. The number of ketones is 1. The number of nitrogens with one attached hydrogen (secondary N) is 2. The molecular formula is C18H17N3O2. The number of anilines is 2. The van der Waals surface area contributed by atoms with Crippen LogP contribution in [0.4, 0.5) is 11.4 Å². The number of carbonyl (C=O) groups is 2. The van der Waals surface area contributed by atoms with E-state index in [0.29, 0.717) is 17.7 Å². The van der Waals surface area contributed by atoms with E-state index >= 15 is 0 Å². The molecule has 5 heteroatoms. The Morgan fingerprint density at radius 3 is 2.74 bits per heavy atom. The minimum absolute atomic E-state index is 0.0194. The maximum atomic E-state index is 12.6. The van der Waals surface area contributed by atoms with Gasteiger partial charge in [-0.1, -0.05) is 30.3 Å². The summed E-state index contributed by atoms with van der Waals surface area (Å²) in [5.41, 5.74) is 2.94. The van der Waals surface area contributed by atoms with Gasteiger partial charge in [-0.05, 0) is 18.2 Å². The third-order valence-corrected chi connectivity index (χ3v) is 4.41. The molecule has 0 bridgehead atoms. The maximum Gasteiger partial charge on any atom is 0.248 e. The van der Waals surface area contributed by atoms with Crippen molar-refractivity contribution in [1.29, 1.82) is 0 Å². The molecular weight excluding hydrogens is 290 g/mol. The summed E-state index contributed by atoms with van der Waals surface area (Å²) in [6, 6.07) is 14.5. The largest absolute Gasteiger partial charge is 0.356 e. The Balaban J connectivity index is 1.70. The highest BCUT2D eigenvalue weighted by atomic mass is 16.2. The predicted octanol–water partition coefficient (Wildman–Crippen LogP) is 1.65. The van der Waals surface area contributed by atoms with Crippen LogP contribution in [0.25, 0.3) is 0 Å². The Kier molecular flexibility index (Phi) is 3.35. The molecule has 0 radical (unpaired) electrons. The summed E-state index contributed by atoms with van der Waals surface area (Å²) >= 11 is 0. The van der Waals surface area contributed by atoms with Gasteiger partial charge in [-0.2, -0.15) is 0 Å². The first kappa shape index (κ1) is 14.0. The van der Waals surface area contributed by atoms with Crippen LogP contribution < -0.4 is 15.5 Å². The number of amides is 1. The van der Waals surface area contributed by atoms with Crippen LogP contribution in [0.5, 0.6) is 0 Å². The van der Waals surface area contributed by atoms with Gasteiger partial charge in [-0.25, -0.2) is 0 Å². The smallest absolute Gasteiger partial charge is 0.248 e. The van der Waals surface area contributed by atoms with Gasteiger partial charge in [0.15, 0.2) is 5.78 Å². The van der Waals surface area contributed by atoms with Gasteiger partial charge in [0, 0.05) is 30.8 Å². The standard InChI is InChI=1S/C18H17N3O2/c22-17(12-4-2-1-3-5-12)13-6-7-15-14(10-13)20-18(23)16-11-19-8-9-21(15)16/h1-7,10,16,19H,8-9,11H2,(H,20,23). The number of piperazine rings is 1. The van der Waals surface area contributed by atoms with Crippen LogP contribution in [-0.4, -0.2) is 37.4 Å². The fourth-order valence-electron chi connectivity index (χ4n) is 3.23. The molecule has 4 rings (SSSR count). The summed E-state index contributed by atoms with van der Waals surface area (Å²) in [5, 5.41) is 6.17. The van der Waals surface area contributed by atoms with E-state index in [9.17, 15) is 9.59 Å². The number of hydrogen-bond donors (Lipinski definition) is 2. The molecule has 0 spiro atoms. The fourth-order valence-corrected chi connectivity index (χ4v) is 3.23. The minimum atomic E-state index is -0.174. The third-order valence-electron chi connectivity index (χ3n) is 4.41. The van der Waals surface area contributed by atoms with E-state index in [4.69, 9.17) is 0 Å². The van der Waals surface area contributed by atoms with Gasteiger partial charge < -0.3 is 15.5 Å². The van der Waals surface area contributed by atoms with E-state index in [0.717, 1.165) is 24.5 Å². The highest BCUT2D eigenvalue weighted by Crippen LogP contribution is 2.33. The Morgan fingerprint density at radius 1 is 1.09 bits per heavy atom. The summed E-state index contributed by atoms with van der Waals surface area (Å²) < 4.78 is 0. The second-order valence-electron chi connectivity index (χ2n) is 5.83. The molecule has 2 aliphatic heterocycles. The van der Waals surface area contributed by atoms with Gasteiger partial charge in [0.1, 0.15) is 6.04 Å². The lowest BCUT2D eigenvalue weighted by atomic mass is 9.99. The van der Waals surface area contributed by atoms with Crippen molar-refractivity contribution < 1.29 is 9.59 Å². The van der Waals surface area contributed by atoms with Crippen molar-refractivity contribution in [3.05, 3.63) is 59.7 Å². The number of carbonyl (C=O) groups excluding carboxylic acids is 2. The quantitative estimate of drug-likeness (QED) is 0.828. The van der Waals surface area contributed by atoms with Gasteiger partial charge >= 0.3 is 0 Å². The van der Waals surface area contributed by atoms with Gasteiger partial charge in [-0.15, -0.1) is 0 Å². The molecule has 23 heavy (non-hydrogen) atoms. The van der Waals surface area contributed by atoms with Gasteiger partial charge in [0.25, 0.3) is 0 Å². The lowest BCUT2D eigenvalue weighted by Gasteiger charge is -2.41. The topological polar surface area (TPSA) is 61.4 Å². The molecule has 1 atom stereocenters. The number of hydrogen-bond acceptors (Lipinski definition) is 4. The molecule has 1 amide bonds. The number of benzene rings is 2. The second kappa shape index (κ2) is 5.52. The first-order chi connectivity index (χ1) is 11.2. The first-order valence-electron chi connectivity index (χ1n) is 7.76. The molecule has 116 valence electrons. The van der Waals surface area contributed by atoms with E-state index in [-0.39, 0.29) is 17.7 Å². The molecule has 0 saturated carbocycles. The second-order valence-corrected chi connectivity index (χ2v) is 5.83. The van der Waals surface area contributed by atoms with Crippen LogP contribution in [0, 0.1) is 0 Å². The van der Waals surface area contributed by atoms with Gasteiger partial charge in [-0.3, -0.25) is 9.59 Å². The zero-order chi connectivity index (χ0) is 15.8. The third kappa shape index (κ3) is 2.39. The lowest BCUT2D eigenvalue weighted by Crippen LogP contribution is -2.58. The Hall–Kier alpha value is -2.66. The van der Waals surface area contributed by atoms with Crippen molar-refractivity contribution in [2.45, 2.75) is 6.04 Å². The molecule has 1 saturated heterocycles. The highest BCUT2D eigenvalue weighted by Gasteiger charge is 2.34. The SMILES string of the molecule is O=C(c1ccccc1)c1ccc2c(c1)NC(=O)C1CNCCN21. The Labute approximate surface area is 134 Å². The van der Waals surface area contributed by atoms with Crippen LogP contribution in [0.2, 0.25) is 0 Å². The van der Waals surface area contributed by atoms with Crippen molar-refractivity contribution in [3.63, 3.8) is 0 Å². The van der Waals surface area contributed by atoms with Gasteiger partial charge in [0.2, 0.25) is 5.91 Å². The van der Waals surface area contributed by atoms with Crippen molar-refractivity contribution in [1.82, 2.24) is 5.32 Å². The minimum Gasteiger partial charge on any atom is -0.356 e. The molecule has 2 aromatic rings. The zero-order valence-electron chi connectivity index (χ0n) is 12.6. The summed E-state index contributed by atoms with van der Waals surface area (Å²) in [4.78, 5) is 26.9. The summed E-state index contributed by atoms with van der Waals surface area (Å²) in [5.74, 6) is -0.0564. The summed E-state index contributed by atoms with van der Waals surface area (Å²) in [7, 11) is 0. The molecule has 0 aromatic heterocycles. The summed E-state index contributed by atoms with van der Waals surface area (Å²) in [6.07, 6.45) is 0. The van der Waals surface area contributed by atoms with E-state index < -0.39 is 0 Å². The molecule has 2 N–H and O–H groups in total. The van der Waals surface area contributed by atoms with Crippen LogP contribution in [0.3, 0.4) is 0 Å². The van der Waals surface area contributed by atoms with E-state index in [1.165, 1.54) is 0 Å². The average molecular weight is 307 g/mol. The van der Waals surface area contributed by atoms with Crippen molar-refractivity contribution in [3.8, 4) is 0 Å². The van der Waals surface area contributed by atoms with E-state index in [1.807, 2.05) is 30.3 Å². The normalized spacial score (nSPS) is 19.6. The number of fused-ring (bicyclic) bond motifs is 3. The van der Waals surface area contributed by atoms with Crippen LogP contribution in [-0.2, 0) is 4.79 Å². The van der Waals surface area contributed by atoms with Crippen LogP contribution in [0.1, 0.15) is 15.9 Å². The number of nitrogens with zero attached hydrogens (tertiary/aromatic N) is 1. The monoisotopic (exact) mass is 307 g/mol. The molecule has 2 heterocycles. The molecule has 2 aromatic carbocycles. The highest BCUT2D eigenvalue weighted by molar-refractivity contribution is 6.11. The first-order valence-corrected chi connectivity index (χ1v) is 7.76.